The van der Waals surface area contributed by atoms with E-state index in [-0.39, 0.29) is 29.8 Å². The van der Waals surface area contributed by atoms with Gasteiger partial charge in [-0.25, -0.2) is 0 Å². The van der Waals surface area contributed by atoms with E-state index in [0.717, 1.165) is 30.7 Å². The second-order valence-electron chi connectivity index (χ2n) is 6.77. The molecule has 3 rings (SSSR count). The quantitative estimate of drug-likeness (QED) is 0.861. The summed E-state index contributed by atoms with van der Waals surface area (Å²) in [7, 11) is 1.86. The Labute approximate surface area is 165 Å². The van der Waals surface area contributed by atoms with Gasteiger partial charge < -0.3 is 10.6 Å². The third-order valence-electron chi connectivity index (χ3n) is 5.44. The summed E-state index contributed by atoms with van der Waals surface area (Å²) in [5, 5.41) is 8.26. The number of amides is 1. The number of nitrogens with two attached hydrogens (primary N) is 1. The first-order chi connectivity index (χ1) is 12.1. The van der Waals surface area contributed by atoms with Gasteiger partial charge in [0.15, 0.2) is 0 Å². The standard InChI is InChI=1S/C19H23ClN4O.ClH/c1-24(18(25)14-7-10-22-23-12-14)17-5-8-19(13-21,9-6-17)15-3-2-4-16(20)11-15;/h2-4,7,10-12,17H,5-6,8-9,13,21H2,1H3;1H. The van der Waals surface area contributed by atoms with Crippen LogP contribution >= 0.6 is 24.0 Å². The van der Waals surface area contributed by atoms with Crippen molar-refractivity contribution < 1.29 is 4.79 Å². The SMILES string of the molecule is CN(C(=O)c1ccnnc1)C1CCC(CN)(c2cccc(Cl)c2)CC1.Cl. The predicted octanol–water partition coefficient (Wildman–Crippen LogP) is 3.46. The van der Waals surface area contributed by atoms with E-state index in [4.69, 9.17) is 17.3 Å². The van der Waals surface area contributed by atoms with Gasteiger partial charge in [-0.15, -0.1) is 12.4 Å². The van der Waals surface area contributed by atoms with Crippen LogP contribution in [0.3, 0.4) is 0 Å². The third-order valence-corrected chi connectivity index (χ3v) is 5.67. The van der Waals surface area contributed by atoms with Crippen LogP contribution in [0.15, 0.2) is 42.7 Å². The highest BCUT2D eigenvalue weighted by Gasteiger charge is 2.37. The maximum atomic E-state index is 12.6. The van der Waals surface area contributed by atoms with Crippen LogP contribution in [0.2, 0.25) is 5.02 Å². The van der Waals surface area contributed by atoms with Gasteiger partial charge >= 0.3 is 0 Å². The molecular formula is C19H24Cl2N4O. The van der Waals surface area contributed by atoms with E-state index in [1.54, 1.807) is 12.3 Å². The molecule has 1 aliphatic carbocycles. The van der Waals surface area contributed by atoms with Gasteiger partial charge in [0.1, 0.15) is 0 Å². The molecular weight excluding hydrogens is 371 g/mol. The molecule has 2 aromatic rings. The van der Waals surface area contributed by atoms with E-state index in [1.807, 2.05) is 30.1 Å². The Hall–Kier alpha value is -1.69. The number of aromatic nitrogens is 2. The van der Waals surface area contributed by atoms with Crippen molar-refractivity contribution in [2.45, 2.75) is 37.1 Å². The van der Waals surface area contributed by atoms with E-state index >= 15 is 0 Å². The van der Waals surface area contributed by atoms with Crippen molar-refractivity contribution in [3.8, 4) is 0 Å². The minimum absolute atomic E-state index is 0. The van der Waals surface area contributed by atoms with Crippen LogP contribution in [-0.2, 0) is 5.41 Å². The van der Waals surface area contributed by atoms with Crippen molar-refractivity contribution in [1.29, 1.82) is 0 Å². The Morgan fingerprint density at radius 3 is 2.62 bits per heavy atom. The zero-order valence-electron chi connectivity index (χ0n) is 14.8. The summed E-state index contributed by atoms with van der Waals surface area (Å²) in [6.45, 7) is 0.589. The fourth-order valence-corrected chi connectivity index (χ4v) is 3.95. The molecule has 26 heavy (non-hydrogen) atoms. The second-order valence-corrected chi connectivity index (χ2v) is 7.21. The summed E-state index contributed by atoms with van der Waals surface area (Å²) >= 11 is 6.17. The minimum atomic E-state index is -0.0521. The third kappa shape index (κ3) is 4.17. The Morgan fingerprint density at radius 2 is 2.04 bits per heavy atom. The Morgan fingerprint density at radius 1 is 1.31 bits per heavy atom. The fraction of sp³-hybridized carbons (Fsp3) is 0.421. The zero-order chi connectivity index (χ0) is 17.9. The fourth-order valence-electron chi connectivity index (χ4n) is 3.76. The van der Waals surface area contributed by atoms with Crippen molar-refractivity contribution in [3.05, 3.63) is 58.9 Å². The molecule has 1 amide bonds. The summed E-state index contributed by atoms with van der Waals surface area (Å²) in [4.78, 5) is 14.4. The molecule has 0 radical (unpaired) electrons. The first-order valence-corrected chi connectivity index (χ1v) is 8.93. The van der Waals surface area contributed by atoms with E-state index < -0.39 is 0 Å². The highest BCUT2D eigenvalue weighted by molar-refractivity contribution is 6.30. The number of carbonyl (C=O) groups is 1. The summed E-state index contributed by atoms with van der Waals surface area (Å²) in [6.07, 6.45) is 6.79. The van der Waals surface area contributed by atoms with Crippen LogP contribution in [-0.4, -0.2) is 40.6 Å². The van der Waals surface area contributed by atoms with E-state index in [0.29, 0.717) is 12.1 Å². The van der Waals surface area contributed by atoms with Crippen molar-refractivity contribution >= 4 is 29.9 Å². The lowest BCUT2D eigenvalue weighted by atomic mass is 9.68. The topological polar surface area (TPSA) is 72.1 Å². The molecule has 7 heteroatoms. The molecule has 0 aliphatic heterocycles. The first-order valence-electron chi connectivity index (χ1n) is 8.56. The number of hydrogen-bond acceptors (Lipinski definition) is 4. The molecule has 0 unspecified atom stereocenters. The number of benzene rings is 1. The first kappa shape index (κ1) is 20.6. The Kier molecular flexibility index (Phi) is 6.98. The lowest BCUT2D eigenvalue weighted by Crippen LogP contribution is -2.46. The smallest absolute Gasteiger partial charge is 0.255 e. The summed E-state index contributed by atoms with van der Waals surface area (Å²) in [5.41, 5.74) is 7.88. The molecule has 0 bridgehead atoms. The normalized spacial score (nSPS) is 22.3. The van der Waals surface area contributed by atoms with Gasteiger partial charge in [0.05, 0.1) is 18.0 Å². The number of hydrogen-bond donors (Lipinski definition) is 1. The highest BCUT2D eigenvalue weighted by Crippen LogP contribution is 2.40. The van der Waals surface area contributed by atoms with Gasteiger partial charge in [-0.05, 0) is 49.4 Å². The highest BCUT2D eigenvalue weighted by atomic mass is 35.5. The Bertz CT molecular complexity index is 733. The average molecular weight is 395 g/mol. The molecule has 1 heterocycles. The number of halogens is 2. The molecule has 1 saturated carbocycles. The maximum Gasteiger partial charge on any atom is 0.255 e. The lowest BCUT2D eigenvalue weighted by molar-refractivity contribution is 0.0662. The van der Waals surface area contributed by atoms with Crippen molar-refractivity contribution in [1.82, 2.24) is 15.1 Å². The van der Waals surface area contributed by atoms with E-state index in [9.17, 15) is 4.79 Å². The number of carbonyl (C=O) groups excluding carboxylic acids is 1. The largest absolute Gasteiger partial charge is 0.339 e. The predicted molar refractivity (Wildman–Crippen MR) is 106 cm³/mol. The molecule has 140 valence electrons. The van der Waals surface area contributed by atoms with Gasteiger partial charge in [-0.1, -0.05) is 23.7 Å². The van der Waals surface area contributed by atoms with Gasteiger partial charge in [0.2, 0.25) is 0 Å². The monoisotopic (exact) mass is 394 g/mol. The molecule has 1 aromatic carbocycles. The van der Waals surface area contributed by atoms with E-state index in [2.05, 4.69) is 16.3 Å². The van der Waals surface area contributed by atoms with Gasteiger partial charge in [-0.2, -0.15) is 10.2 Å². The molecule has 0 atom stereocenters. The molecule has 1 aliphatic rings. The molecule has 0 saturated heterocycles. The van der Waals surface area contributed by atoms with Crippen molar-refractivity contribution in [2.75, 3.05) is 13.6 Å². The number of rotatable bonds is 4. The van der Waals surface area contributed by atoms with Gasteiger partial charge in [0.25, 0.3) is 5.91 Å². The minimum Gasteiger partial charge on any atom is -0.339 e. The zero-order valence-corrected chi connectivity index (χ0v) is 16.3. The van der Waals surface area contributed by atoms with Crippen LogP contribution in [0.1, 0.15) is 41.6 Å². The molecule has 5 nitrogen and oxygen atoms in total. The average Bonchev–Trinajstić information content (AvgIpc) is 2.67. The Balaban J connectivity index is 0.00000243. The van der Waals surface area contributed by atoms with Gasteiger partial charge in [-0.3, -0.25) is 4.79 Å². The van der Waals surface area contributed by atoms with Crippen LogP contribution in [0, 0.1) is 0 Å². The molecule has 2 N–H and O–H groups in total. The summed E-state index contributed by atoms with van der Waals surface area (Å²) < 4.78 is 0. The van der Waals surface area contributed by atoms with Crippen LogP contribution in [0.4, 0.5) is 0 Å². The van der Waals surface area contributed by atoms with Crippen molar-refractivity contribution in [3.63, 3.8) is 0 Å². The van der Waals surface area contributed by atoms with Crippen molar-refractivity contribution in [2.24, 2.45) is 5.73 Å². The van der Waals surface area contributed by atoms with Crippen LogP contribution < -0.4 is 5.73 Å². The lowest BCUT2D eigenvalue weighted by Gasteiger charge is -2.42. The molecule has 1 fully saturated rings. The van der Waals surface area contributed by atoms with Gasteiger partial charge in [0, 0.05) is 30.1 Å². The summed E-state index contributed by atoms with van der Waals surface area (Å²) in [5.74, 6) is -0.0112. The molecule has 0 spiro atoms. The molecule has 1 aromatic heterocycles. The number of nitrogens with zero attached hydrogens (tertiary/aromatic N) is 3. The summed E-state index contributed by atoms with van der Waals surface area (Å²) in [6, 6.07) is 9.90. The van der Waals surface area contributed by atoms with Crippen LogP contribution in [0.25, 0.3) is 0 Å². The maximum absolute atomic E-state index is 12.6. The van der Waals surface area contributed by atoms with Crippen LogP contribution in [0.5, 0.6) is 0 Å². The second kappa shape index (κ2) is 8.80. The van der Waals surface area contributed by atoms with E-state index in [1.165, 1.54) is 11.8 Å².